The molecule has 0 aliphatic rings. The molecular weight excluding hydrogens is 494 g/mol. The molecule has 2 aromatic carbocycles. The number of nitrogens with zero attached hydrogens (tertiary/aromatic N) is 6. The fourth-order valence-corrected chi connectivity index (χ4v) is 3.82. The number of benzene rings is 2. The van der Waals surface area contributed by atoms with E-state index in [0.717, 1.165) is 18.2 Å². The highest BCUT2D eigenvalue weighted by Gasteiger charge is 2.20. The summed E-state index contributed by atoms with van der Waals surface area (Å²) >= 11 is 6.41. The maximum atomic E-state index is 14.2. The highest BCUT2D eigenvalue weighted by atomic mass is 35.5. The number of aromatic nitrogens is 7. The molecule has 5 aromatic rings. The average Bonchev–Trinajstić information content (AvgIpc) is 3.48. The maximum absolute atomic E-state index is 14.2. The summed E-state index contributed by atoms with van der Waals surface area (Å²) in [5.74, 6) is -0.748. The quantitative estimate of drug-likeness (QED) is 0.294. The number of rotatable bonds is 9. The number of anilines is 1. The van der Waals surface area contributed by atoms with Gasteiger partial charge in [-0.1, -0.05) is 29.8 Å². The van der Waals surface area contributed by atoms with Gasteiger partial charge in [-0.25, -0.2) is 18.4 Å². The van der Waals surface area contributed by atoms with E-state index in [-0.39, 0.29) is 18.5 Å². The van der Waals surface area contributed by atoms with Crippen LogP contribution in [-0.4, -0.2) is 48.6 Å². The number of methoxy groups -OCH3 is 1. The van der Waals surface area contributed by atoms with Crippen LogP contribution in [0.2, 0.25) is 5.02 Å². The first kappa shape index (κ1) is 23.6. The van der Waals surface area contributed by atoms with Gasteiger partial charge in [-0.2, -0.15) is 20.2 Å². The van der Waals surface area contributed by atoms with Gasteiger partial charge in [0.15, 0.2) is 17.2 Å². The average molecular weight is 513 g/mol. The van der Waals surface area contributed by atoms with Crippen molar-refractivity contribution in [2.24, 2.45) is 0 Å². The Kier molecular flexibility index (Phi) is 6.69. The molecule has 0 aliphatic carbocycles. The predicted molar refractivity (Wildman–Crippen MR) is 128 cm³/mol. The van der Waals surface area contributed by atoms with Crippen molar-refractivity contribution in [1.82, 2.24) is 34.9 Å². The smallest absolute Gasteiger partial charge is 0.326 e. The Morgan fingerprint density at radius 2 is 2.00 bits per heavy atom. The minimum absolute atomic E-state index is 0.160. The molecule has 10 nitrogen and oxygen atoms in total. The lowest BCUT2D eigenvalue weighted by Crippen LogP contribution is -2.13. The topological polar surface area (TPSA) is 116 Å². The standard InChI is InChI=1S/C23H19ClF2N8O2/c1-35-12-34-18(28-11-29-34)8-9-27-21-19-20(14-4-2-3-5-15(14)24)32-33-22(19)31-23(30-21)36-17-7-6-13(25)10-16(17)26/h2-7,10-11H,8-9,12H2,1H3,(H2,27,30,31,32,33). The van der Waals surface area contributed by atoms with Gasteiger partial charge in [0, 0.05) is 31.7 Å². The van der Waals surface area contributed by atoms with Crippen LogP contribution >= 0.6 is 11.6 Å². The fourth-order valence-electron chi connectivity index (χ4n) is 3.59. The van der Waals surface area contributed by atoms with E-state index >= 15 is 0 Å². The Morgan fingerprint density at radius 1 is 1.14 bits per heavy atom. The van der Waals surface area contributed by atoms with E-state index in [1.807, 2.05) is 18.2 Å². The number of nitrogens with one attached hydrogen (secondary N) is 2. The van der Waals surface area contributed by atoms with Gasteiger partial charge in [0.25, 0.3) is 0 Å². The third-order valence-electron chi connectivity index (χ3n) is 5.21. The Morgan fingerprint density at radius 3 is 2.81 bits per heavy atom. The molecular formula is C23H19ClF2N8O2. The molecule has 0 spiro atoms. The maximum Gasteiger partial charge on any atom is 0.326 e. The van der Waals surface area contributed by atoms with Crippen LogP contribution in [-0.2, 0) is 17.9 Å². The third kappa shape index (κ3) is 4.81. The van der Waals surface area contributed by atoms with Gasteiger partial charge in [0.2, 0.25) is 0 Å². The van der Waals surface area contributed by atoms with Crippen LogP contribution in [0.4, 0.5) is 14.6 Å². The third-order valence-corrected chi connectivity index (χ3v) is 5.54. The molecule has 2 N–H and O–H groups in total. The van der Waals surface area contributed by atoms with Gasteiger partial charge >= 0.3 is 6.01 Å². The normalized spacial score (nSPS) is 11.2. The molecule has 0 saturated carbocycles. The first-order valence-electron chi connectivity index (χ1n) is 10.8. The molecule has 0 fully saturated rings. The van der Waals surface area contributed by atoms with Gasteiger partial charge in [-0.3, -0.25) is 5.10 Å². The lowest BCUT2D eigenvalue weighted by Gasteiger charge is -2.11. The summed E-state index contributed by atoms with van der Waals surface area (Å²) in [6.07, 6.45) is 1.95. The van der Waals surface area contributed by atoms with Crippen molar-refractivity contribution in [2.45, 2.75) is 13.2 Å². The molecule has 0 saturated heterocycles. The van der Waals surface area contributed by atoms with E-state index in [1.54, 1.807) is 17.9 Å². The van der Waals surface area contributed by atoms with Crippen molar-refractivity contribution in [3.05, 3.63) is 71.3 Å². The first-order chi connectivity index (χ1) is 17.5. The second-order valence-corrected chi connectivity index (χ2v) is 7.98. The Hall–Kier alpha value is -4.16. The van der Waals surface area contributed by atoms with Crippen molar-refractivity contribution in [1.29, 1.82) is 0 Å². The van der Waals surface area contributed by atoms with Gasteiger partial charge in [-0.05, 0) is 18.2 Å². The number of fused-ring (bicyclic) bond motifs is 1. The highest BCUT2D eigenvalue weighted by molar-refractivity contribution is 6.33. The van der Waals surface area contributed by atoms with Crippen molar-refractivity contribution in [2.75, 3.05) is 19.0 Å². The van der Waals surface area contributed by atoms with Crippen LogP contribution in [0.25, 0.3) is 22.3 Å². The monoisotopic (exact) mass is 512 g/mol. The molecule has 184 valence electrons. The lowest BCUT2D eigenvalue weighted by molar-refractivity contribution is 0.117. The van der Waals surface area contributed by atoms with E-state index < -0.39 is 11.6 Å². The van der Waals surface area contributed by atoms with E-state index in [2.05, 4.69) is 35.6 Å². The van der Waals surface area contributed by atoms with Crippen molar-refractivity contribution in [3.63, 3.8) is 0 Å². The minimum atomic E-state index is -0.882. The van der Waals surface area contributed by atoms with Crippen LogP contribution in [0.1, 0.15) is 5.82 Å². The fraction of sp³-hybridized carbons (Fsp3) is 0.174. The lowest BCUT2D eigenvalue weighted by atomic mass is 10.1. The molecule has 5 rings (SSSR count). The zero-order valence-electron chi connectivity index (χ0n) is 18.9. The first-order valence-corrected chi connectivity index (χ1v) is 11.1. The summed E-state index contributed by atoms with van der Waals surface area (Å²) in [5.41, 5.74) is 1.54. The Labute approximate surface area is 208 Å². The van der Waals surface area contributed by atoms with Crippen LogP contribution in [0.5, 0.6) is 11.8 Å². The van der Waals surface area contributed by atoms with Crippen LogP contribution in [0.15, 0.2) is 48.8 Å². The number of halogens is 3. The van der Waals surface area contributed by atoms with Crippen LogP contribution < -0.4 is 10.1 Å². The molecule has 0 amide bonds. The van der Waals surface area contributed by atoms with Crippen molar-refractivity contribution < 1.29 is 18.3 Å². The van der Waals surface area contributed by atoms with Gasteiger partial charge in [-0.15, -0.1) is 0 Å². The zero-order valence-corrected chi connectivity index (χ0v) is 19.6. The summed E-state index contributed by atoms with van der Waals surface area (Å²) < 4.78 is 39.8. The van der Waals surface area contributed by atoms with Gasteiger partial charge in [0.05, 0.1) is 10.4 Å². The van der Waals surface area contributed by atoms with E-state index in [1.165, 1.54) is 6.33 Å². The Bertz CT molecular complexity index is 1520. The molecule has 3 aromatic heterocycles. The second-order valence-electron chi connectivity index (χ2n) is 7.58. The molecule has 0 aliphatic heterocycles. The molecule has 13 heteroatoms. The van der Waals surface area contributed by atoms with Gasteiger partial charge < -0.3 is 14.8 Å². The number of aromatic amines is 1. The number of hydrogen-bond donors (Lipinski definition) is 2. The largest absolute Gasteiger partial charge is 0.421 e. The summed E-state index contributed by atoms with van der Waals surface area (Å²) in [4.78, 5) is 13.0. The zero-order chi connectivity index (χ0) is 25.1. The minimum Gasteiger partial charge on any atom is -0.421 e. The molecule has 0 unspecified atom stereocenters. The number of H-pyrrole nitrogens is 1. The van der Waals surface area contributed by atoms with Gasteiger partial charge in [0.1, 0.15) is 36.2 Å². The van der Waals surface area contributed by atoms with Crippen molar-refractivity contribution >= 4 is 28.5 Å². The summed E-state index contributed by atoms with van der Waals surface area (Å²) in [5, 5.41) is 15.7. The van der Waals surface area contributed by atoms with Crippen molar-refractivity contribution in [3.8, 4) is 23.0 Å². The summed E-state index contributed by atoms with van der Waals surface area (Å²) in [6, 6.07) is 10.0. The highest BCUT2D eigenvalue weighted by Crippen LogP contribution is 2.36. The molecule has 0 radical (unpaired) electrons. The number of hydrogen-bond acceptors (Lipinski definition) is 8. The molecule has 0 bridgehead atoms. The second kappa shape index (κ2) is 10.2. The Balaban J connectivity index is 1.51. The summed E-state index contributed by atoms with van der Waals surface area (Å²) in [6.45, 7) is 0.679. The number of ether oxygens (including phenoxy) is 2. The molecule has 36 heavy (non-hydrogen) atoms. The van der Waals surface area contributed by atoms with Crippen LogP contribution in [0, 0.1) is 11.6 Å². The van der Waals surface area contributed by atoms with Crippen LogP contribution in [0.3, 0.4) is 0 Å². The molecule has 3 heterocycles. The van der Waals surface area contributed by atoms with E-state index in [0.29, 0.717) is 51.9 Å². The van der Waals surface area contributed by atoms with E-state index in [9.17, 15) is 8.78 Å². The molecule has 0 atom stereocenters. The predicted octanol–water partition coefficient (Wildman–Crippen LogP) is 4.59. The SMILES string of the molecule is COCn1ncnc1CCNc1nc(Oc2ccc(F)cc2F)nc2[nH]nc(-c3ccccc3Cl)c12. The summed E-state index contributed by atoms with van der Waals surface area (Å²) in [7, 11) is 1.57. The van der Waals surface area contributed by atoms with E-state index in [4.69, 9.17) is 21.1 Å².